The van der Waals surface area contributed by atoms with Crippen molar-refractivity contribution in [3.8, 4) is 5.75 Å². The predicted molar refractivity (Wildman–Crippen MR) is 70.0 cm³/mol. The van der Waals surface area contributed by atoms with Gasteiger partial charge in [-0.15, -0.1) is 0 Å². The number of benzene rings is 1. The smallest absolute Gasteiger partial charge is 0.117 e. The number of nitrogens with zero attached hydrogens (tertiary/aromatic N) is 1. The first kappa shape index (κ1) is 12.9. The Morgan fingerprint density at radius 3 is 2.06 bits per heavy atom. The number of hydrogen-bond donors (Lipinski definition) is 1. The van der Waals surface area contributed by atoms with Crippen LogP contribution in [0, 0.1) is 11.8 Å². The summed E-state index contributed by atoms with van der Waals surface area (Å²) >= 11 is 0. The average Bonchev–Trinajstić information content (AvgIpc) is 2.15. The van der Waals surface area contributed by atoms with Gasteiger partial charge in [-0.1, -0.05) is 33.8 Å². The Balaban J connectivity index is 2.82. The van der Waals surface area contributed by atoms with E-state index >= 15 is 0 Å². The maximum absolute atomic E-state index is 9.50. The summed E-state index contributed by atoms with van der Waals surface area (Å²) in [7, 11) is 0. The van der Waals surface area contributed by atoms with Gasteiger partial charge in [0.05, 0.1) is 0 Å². The van der Waals surface area contributed by atoms with Gasteiger partial charge in [-0.3, -0.25) is 0 Å². The molecule has 2 nitrogen and oxygen atoms in total. The van der Waals surface area contributed by atoms with Crippen molar-refractivity contribution in [1.29, 1.82) is 0 Å². The Hall–Kier alpha value is -1.18. The van der Waals surface area contributed by atoms with Crippen LogP contribution in [0.4, 0.5) is 5.69 Å². The van der Waals surface area contributed by atoms with Gasteiger partial charge in [0.15, 0.2) is 0 Å². The van der Waals surface area contributed by atoms with E-state index in [2.05, 4.69) is 38.7 Å². The van der Waals surface area contributed by atoms with Gasteiger partial charge in [-0.05, 0) is 24.0 Å². The SMILES string of the molecule is CC(C)CN(CC(C)C)c1cccc(O)c1. The van der Waals surface area contributed by atoms with Crippen LogP contribution in [0.3, 0.4) is 0 Å². The summed E-state index contributed by atoms with van der Waals surface area (Å²) < 4.78 is 0. The Kier molecular flexibility index (Phi) is 4.66. The molecule has 90 valence electrons. The zero-order valence-electron chi connectivity index (χ0n) is 10.8. The van der Waals surface area contributed by atoms with Gasteiger partial charge in [0.1, 0.15) is 5.75 Å². The van der Waals surface area contributed by atoms with E-state index in [1.807, 2.05) is 12.1 Å². The zero-order chi connectivity index (χ0) is 12.1. The van der Waals surface area contributed by atoms with Crippen molar-refractivity contribution in [2.45, 2.75) is 27.7 Å². The van der Waals surface area contributed by atoms with E-state index in [9.17, 15) is 5.11 Å². The quantitative estimate of drug-likeness (QED) is 0.822. The van der Waals surface area contributed by atoms with E-state index < -0.39 is 0 Å². The molecule has 0 aliphatic heterocycles. The van der Waals surface area contributed by atoms with Gasteiger partial charge in [-0.25, -0.2) is 0 Å². The van der Waals surface area contributed by atoms with Gasteiger partial charge < -0.3 is 10.0 Å². The molecule has 0 atom stereocenters. The van der Waals surface area contributed by atoms with Crippen molar-refractivity contribution in [2.24, 2.45) is 11.8 Å². The van der Waals surface area contributed by atoms with Crippen LogP contribution in [0.15, 0.2) is 24.3 Å². The minimum absolute atomic E-state index is 0.343. The largest absolute Gasteiger partial charge is 0.508 e. The lowest BCUT2D eigenvalue weighted by Crippen LogP contribution is -2.31. The number of phenolic OH excluding ortho intramolecular Hbond substituents is 1. The molecule has 1 aromatic rings. The van der Waals surface area contributed by atoms with Crippen LogP contribution in [0.25, 0.3) is 0 Å². The van der Waals surface area contributed by atoms with Gasteiger partial charge in [0, 0.05) is 24.8 Å². The fourth-order valence-electron chi connectivity index (χ4n) is 1.86. The fraction of sp³-hybridized carbons (Fsp3) is 0.571. The molecule has 1 aromatic carbocycles. The molecule has 0 saturated carbocycles. The monoisotopic (exact) mass is 221 g/mol. The zero-order valence-corrected chi connectivity index (χ0v) is 10.8. The fourth-order valence-corrected chi connectivity index (χ4v) is 1.86. The minimum atomic E-state index is 0.343. The Bertz CT molecular complexity index is 310. The van der Waals surface area contributed by atoms with Crippen molar-refractivity contribution < 1.29 is 5.11 Å². The second-order valence-corrected chi connectivity index (χ2v) is 5.21. The van der Waals surface area contributed by atoms with Gasteiger partial charge in [0.2, 0.25) is 0 Å². The van der Waals surface area contributed by atoms with E-state index in [1.165, 1.54) is 0 Å². The Morgan fingerprint density at radius 1 is 1.06 bits per heavy atom. The standard InChI is InChI=1S/C14H23NO/c1-11(2)9-15(10-12(3)4)13-6-5-7-14(16)8-13/h5-8,11-12,16H,9-10H2,1-4H3. The van der Waals surface area contributed by atoms with Crippen LogP contribution in [0.2, 0.25) is 0 Å². The first-order chi connectivity index (χ1) is 7.49. The molecular formula is C14H23NO. The highest BCUT2D eigenvalue weighted by Gasteiger charge is 2.10. The molecule has 0 saturated heterocycles. The maximum Gasteiger partial charge on any atom is 0.117 e. The average molecular weight is 221 g/mol. The molecule has 0 aromatic heterocycles. The Morgan fingerprint density at radius 2 is 1.62 bits per heavy atom. The molecule has 16 heavy (non-hydrogen) atoms. The van der Waals surface area contributed by atoms with Crippen LogP contribution >= 0.6 is 0 Å². The summed E-state index contributed by atoms with van der Waals surface area (Å²) in [5.41, 5.74) is 1.11. The third-order valence-corrected chi connectivity index (χ3v) is 2.37. The number of phenols is 1. The molecule has 0 heterocycles. The van der Waals surface area contributed by atoms with Crippen molar-refractivity contribution >= 4 is 5.69 Å². The summed E-state index contributed by atoms with van der Waals surface area (Å²) in [5, 5.41) is 9.50. The van der Waals surface area contributed by atoms with Crippen LogP contribution < -0.4 is 4.90 Å². The molecule has 0 bridgehead atoms. The normalized spacial score (nSPS) is 11.1. The van der Waals surface area contributed by atoms with Gasteiger partial charge in [0.25, 0.3) is 0 Å². The molecule has 0 aliphatic carbocycles. The van der Waals surface area contributed by atoms with Crippen molar-refractivity contribution in [1.82, 2.24) is 0 Å². The topological polar surface area (TPSA) is 23.5 Å². The minimum Gasteiger partial charge on any atom is -0.508 e. The van der Waals surface area contributed by atoms with E-state index in [0.29, 0.717) is 17.6 Å². The number of aromatic hydroxyl groups is 1. The molecule has 0 fully saturated rings. The second-order valence-electron chi connectivity index (χ2n) is 5.21. The lowest BCUT2D eigenvalue weighted by Gasteiger charge is -2.28. The lowest BCUT2D eigenvalue weighted by atomic mass is 10.1. The first-order valence-electron chi connectivity index (χ1n) is 6.03. The van der Waals surface area contributed by atoms with Crippen molar-refractivity contribution in [3.05, 3.63) is 24.3 Å². The van der Waals surface area contributed by atoms with E-state index in [0.717, 1.165) is 18.8 Å². The number of rotatable bonds is 5. The van der Waals surface area contributed by atoms with Gasteiger partial charge >= 0.3 is 0 Å². The van der Waals surface area contributed by atoms with Gasteiger partial charge in [-0.2, -0.15) is 0 Å². The third-order valence-electron chi connectivity index (χ3n) is 2.37. The molecule has 0 aliphatic rings. The molecule has 1 rings (SSSR count). The number of anilines is 1. The highest BCUT2D eigenvalue weighted by atomic mass is 16.3. The summed E-state index contributed by atoms with van der Waals surface area (Å²) in [5.74, 6) is 1.59. The second kappa shape index (κ2) is 5.78. The van der Waals surface area contributed by atoms with E-state index in [1.54, 1.807) is 6.07 Å². The Labute approximate surface area is 98.9 Å². The van der Waals surface area contributed by atoms with Crippen LogP contribution in [0.5, 0.6) is 5.75 Å². The van der Waals surface area contributed by atoms with E-state index in [4.69, 9.17) is 0 Å². The molecule has 0 radical (unpaired) electrons. The highest BCUT2D eigenvalue weighted by Crippen LogP contribution is 2.21. The molecule has 0 unspecified atom stereocenters. The molecular weight excluding hydrogens is 198 g/mol. The molecule has 2 heteroatoms. The molecule has 0 amide bonds. The summed E-state index contributed by atoms with van der Waals surface area (Å²) in [6.45, 7) is 10.9. The lowest BCUT2D eigenvalue weighted by molar-refractivity contribution is 0.474. The van der Waals surface area contributed by atoms with Crippen LogP contribution in [-0.4, -0.2) is 18.2 Å². The van der Waals surface area contributed by atoms with Crippen molar-refractivity contribution in [2.75, 3.05) is 18.0 Å². The maximum atomic E-state index is 9.50. The van der Waals surface area contributed by atoms with E-state index in [-0.39, 0.29) is 0 Å². The molecule has 1 N–H and O–H groups in total. The third kappa shape index (κ3) is 4.13. The van der Waals surface area contributed by atoms with Crippen LogP contribution in [-0.2, 0) is 0 Å². The van der Waals surface area contributed by atoms with Crippen molar-refractivity contribution in [3.63, 3.8) is 0 Å². The first-order valence-corrected chi connectivity index (χ1v) is 6.03. The number of hydrogen-bond acceptors (Lipinski definition) is 2. The summed E-state index contributed by atoms with van der Waals surface area (Å²) in [6.07, 6.45) is 0. The van der Waals surface area contributed by atoms with Crippen LogP contribution in [0.1, 0.15) is 27.7 Å². The summed E-state index contributed by atoms with van der Waals surface area (Å²) in [4.78, 5) is 2.34. The summed E-state index contributed by atoms with van der Waals surface area (Å²) in [6, 6.07) is 7.51. The molecule has 0 spiro atoms. The highest BCUT2D eigenvalue weighted by molar-refractivity contribution is 5.50. The predicted octanol–water partition coefficient (Wildman–Crippen LogP) is 3.51.